The molecule has 4 nitrogen and oxygen atoms in total. The molecular weight excluding hydrogens is 192 g/mol. The van der Waals surface area contributed by atoms with Crippen molar-refractivity contribution in [3.8, 4) is 0 Å². The summed E-state index contributed by atoms with van der Waals surface area (Å²) in [6.07, 6.45) is 4.87. The van der Waals surface area contributed by atoms with Crippen molar-refractivity contribution >= 4 is 12.2 Å². The molecule has 0 rings (SSSR count). The maximum atomic E-state index is 9.94. The number of carbonyl (C=O) groups excluding carboxylic acids is 2. The summed E-state index contributed by atoms with van der Waals surface area (Å²) in [4.78, 5) is 26.9. The zero-order valence-corrected chi connectivity index (χ0v) is 9.62. The lowest BCUT2D eigenvalue weighted by Crippen LogP contribution is -2.18. The fraction of sp³-hybridized carbons (Fsp3) is 0.818. The van der Waals surface area contributed by atoms with Crippen molar-refractivity contribution in [1.82, 2.24) is 0 Å². The highest BCUT2D eigenvalue weighted by Gasteiger charge is 2.20. The van der Waals surface area contributed by atoms with Gasteiger partial charge < -0.3 is 0 Å². The van der Waals surface area contributed by atoms with Crippen LogP contribution < -0.4 is 0 Å². The van der Waals surface area contributed by atoms with Gasteiger partial charge in [-0.2, -0.15) is 0 Å². The predicted molar refractivity (Wildman–Crippen MR) is 58.2 cm³/mol. The van der Waals surface area contributed by atoms with Crippen LogP contribution in [0.15, 0.2) is 9.98 Å². The van der Waals surface area contributed by atoms with Crippen LogP contribution in [0.4, 0.5) is 0 Å². The highest BCUT2D eigenvalue weighted by molar-refractivity contribution is 5.33. The van der Waals surface area contributed by atoms with Gasteiger partial charge in [0.15, 0.2) is 0 Å². The van der Waals surface area contributed by atoms with Crippen LogP contribution in [0.2, 0.25) is 0 Å². The van der Waals surface area contributed by atoms with Crippen molar-refractivity contribution in [3.63, 3.8) is 0 Å². The Labute approximate surface area is 90.5 Å². The molecule has 0 amide bonds. The molecular formula is C11H18N2O2. The van der Waals surface area contributed by atoms with Gasteiger partial charge in [-0.15, -0.1) is 0 Å². The normalized spacial score (nSPS) is 12.5. The van der Waals surface area contributed by atoms with Crippen molar-refractivity contribution < 1.29 is 9.59 Å². The summed E-state index contributed by atoms with van der Waals surface area (Å²) in [5, 5.41) is 0. The van der Waals surface area contributed by atoms with E-state index >= 15 is 0 Å². The average molecular weight is 210 g/mol. The summed E-state index contributed by atoms with van der Waals surface area (Å²) in [5.41, 5.74) is 0.109. The number of aliphatic imine (C=N–C) groups is 2. The Bertz CT molecular complexity index is 274. The third-order valence-corrected chi connectivity index (χ3v) is 2.33. The Morgan fingerprint density at radius 3 is 2.33 bits per heavy atom. The molecule has 0 spiro atoms. The van der Waals surface area contributed by atoms with E-state index in [0.29, 0.717) is 19.0 Å². The van der Waals surface area contributed by atoms with E-state index in [1.807, 2.05) is 6.92 Å². The molecule has 0 saturated carbocycles. The highest BCUT2D eigenvalue weighted by atomic mass is 16.1. The summed E-state index contributed by atoms with van der Waals surface area (Å²) >= 11 is 0. The van der Waals surface area contributed by atoms with Crippen LogP contribution in [0.1, 0.15) is 33.6 Å². The standard InChI is InChI=1S/C11H18N2O2/c1-10(7-13-9-15)6-11(2,3)4-5-12-8-14/h10H,4-7H2,1-3H3/t10-/m0/s1. The van der Waals surface area contributed by atoms with Crippen LogP contribution in [0, 0.1) is 11.3 Å². The van der Waals surface area contributed by atoms with Crippen LogP contribution in [0.5, 0.6) is 0 Å². The van der Waals surface area contributed by atoms with Gasteiger partial charge >= 0.3 is 0 Å². The summed E-state index contributed by atoms with van der Waals surface area (Å²) in [5.74, 6) is 0.349. The molecule has 0 aromatic rings. The topological polar surface area (TPSA) is 58.9 Å². The second-order valence-electron chi connectivity index (χ2n) is 4.63. The monoisotopic (exact) mass is 210 g/mol. The first-order valence-electron chi connectivity index (χ1n) is 5.09. The molecule has 0 N–H and O–H groups in total. The van der Waals surface area contributed by atoms with Crippen LogP contribution in [-0.2, 0) is 9.59 Å². The van der Waals surface area contributed by atoms with Crippen molar-refractivity contribution in [2.24, 2.45) is 21.3 Å². The van der Waals surface area contributed by atoms with Gasteiger partial charge in [0.1, 0.15) is 0 Å². The molecule has 4 heteroatoms. The minimum Gasteiger partial charge on any atom is -0.211 e. The second kappa shape index (κ2) is 7.10. The first-order valence-corrected chi connectivity index (χ1v) is 5.09. The van der Waals surface area contributed by atoms with Crippen molar-refractivity contribution in [1.29, 1.82) is 0 Å². The Balaban J connectivity index is 3.99. The predicted octanol–water partition coefficient (Wildman–Crippen LogP) is 2.10. The van der Waals surface area contributed by atoms with Gasteiger partial charge in [0, 0.05) is 0 Å². The molecule has 0 radical (unpaired) electrons. The zero-order valence-electron chi connectivity index (χ0n) is 9.62. The van der Waals surface area contributed by atoms with E-state index in [-0.39, 0.29) is 5.41 Å². The minimum atomic E-state index is 0.109. The molecule has 0 fully saturated rings. The molecule has 0 aliphatic carbocycles. The van der Waals surface area contributed by atoms with E-state index < -0.39 is 0 Å². The smallest absolute Gasteiger partial charge is 0.211 e. The largest absolute Gasteiger partial charge is 0.234 e. The van der Waals surface area contributed by atoms with Crippen molar-refractivity contribution in [3.05, 3.63) is 0 Å². The first-order chi connectivity index (χ1) is 7.02. The lowest BCUT2D eigenvalue weighted by atomic mass is 9.80. The van der Waals surface area contributed by atoms with Crippen LogP contribution in [0.3, 0.4) is 0 Å². The lowest BCUT2D eigenvalue weighted by molar-refractivity contribution is 0.264. The van der Waals surface area contributed by atoms with E-state index in [2.05, 4.69) is 23.8 Å². The van der Waals surface area contributed by atoms with E-state index in [0.717, 1.165) is 12.8 Å². The minimum absolute atomic E-state index is 0.109. The van der Waals surface area contributed by atoms with Crippen molar-refractivity contribution in [2.75, 3.05) is 13.1 Å². The van der Waals surface area contributed by atoms with Gasteiger partial charge in [0.25, 0.3) is 0 Å². The summed E-state index contributed by atoms with van der Waals surface area (Å²) in [6, 6.07) is 0. The number of isocyanates is 2. The van der Waals surface area contributed by atoms with Crippen molar-refractivity contribution in [2.45, 2.75) is 33.6 Å². The fourth-order valence-electron chi connectivity index (χ4n) is 1.71. The molecule has 0 aromatic heterocycles. The molecule has 0 saturated heterocycles. The molecule has 0 aliphatic heterocycles. The Kier molecular flexibility index (Phi) is 6.52. The van der Waals surface area contributed by atoms with Gasteiger partial charge in [-0.05, 0) is 24.2 Å². The Morgan fingerprint density at radius 1 is 1.20 bits per heavy atom. The molecule has 1 atom stereocenters. The van der Waals surface area contributed by atoms with E-state index in [1.54, 1.807) is 6.08 Å². The molecule has 0 unspecified atom stereocenters. The van der Waals surface area contributed by atoms with Gasteiger partial charge in [-0.3, -0.25) is 0 Å². The maximum Gasteiger partial charge on any atom is 0.234 e. The molecule has 0 aliphatic rings. The first kappa shape index (κ1) is 13.8. The van der Waals surface area contributed by atoms with E-state index in [1.165, 1.54) is 6.08 Å². The van der Waals surface area contributed by atoms with Crippen LogP contribution >= 0.6 is 0 Å². The molecule has 0 aromatic carbocycles. The number of nitrogens with zero attached hydrogens (tertiary/aromatic N) is 2. The third-order valence-electron chi connectivity index (χ3n) is 2.33. The third kappa shape index (κ3) is 7.80. The molecule has 0 heterocycles. The summed E-state index contributed by atoms with van der Waals surface area (Å²) in [6.45, 7) is 7.32. The summed E-state index contributed by atoms with van der Waals surface area (Å²) < 4.78 is 0. The van der Waals surface area contributed by atoms with E-state index in [9.17, 15) is 9.59 Å². The highest BCUT2D eigenvalue weighted by Crippen LogP contribution is 2.29. The average Bonchev–Trinajstić information content (AvgIpc) is 2.14. The maximum absolute atomic E-state index is 9.94. The molecule has 15 heavy (non-hydrogen) atoms. The quantitative estimate of drug-likeness (QED) is 0.477. The summed E-state index contributed by atoms with van der Waals surface area (Å²) in [7, 11) is 0. The Morgan fingerprint density at radius 2 is 1.80 bits per heavy atom. The van der Waals surface area contributed by atoms with Crippen LogP contribution in [0.25, 0.3) is 0 Å². The van der Waals surface area contributed by atoms with E-state index in [4.69, 9.17) is 0 Å². The fourth-order valence-corrected chi connectivity index (χ4v) is 1.71. The van der Waals surface area contributed by atoms with Gasteiger partial charge in [0.05, 0.1) is 13.1 Å². The van der Waals surface area contributed by atoms with Gasteiger partial charge in [-0.1, -0.05) is 20.8 Å². The van der Waals surface area contributed by atoms with Crippen LogP contribution in [-0.4, -0.2) is 25.2 Å². The zero-order chi connectivity index (χ0) is 11.7. The van der Waals surface area contributed by atoms with Gasteiger partial charge in [0.2, 0.25) is 12.2 Å². The van der Waals surface area contributed by atoms with Gasteiger partial charge in [-0.25, -0.2) is 19.6 Å². The molecule has 0 bridgehead atoms. The number of hydrogen-bond acceptors (Lipinski definition) is 4. The second-order valence-corrected chi connectivity index (χ2v) is 4.63. The SMILES string of the molecule is C[C@H](CN=C=O)CC(C)(C)CCN=C=O. The lowest BCUT2D eigenvalue weighted by Gasteiger charge is -2.26. The number of hydrogen-bond donors (Lipinski definition) is 0. The Hall–Kier alpha value is -1.24. The molecule has 84 valence electrons. The number of rotatable bonds is 7.